The third-order valence-corrected chi connectivity index (χ3v) is 2.56. The van der Waals surface area contributed by atoms with Crippen molar-refractivity contribution in [3.63, 3.8) is 0 Å². The van der Waals surface area contributed by atoms with Gasteiger partial charge in [0, 0.05) is 17.8 Å². The Kier molecular flexibility index (Phi) is 3.60. The average Bonchev–Trinajstić information content (AvgIpc) is 2.39. The van der Waals surface area contributed by atoms with Crippen molar-refractivity contribution in [2.45, 2.75) is 6.54 Å². The van der Waals surface area contributed by atoms with Gasteiger partial charge in [-0.3, -0.25) is 4.79 Å². The van der Waals surface area contributed by atoms with Crippen molar-refractivity contribution >= 4 is 11.6 Å². The van der Waals surface area contributed by atoms with E-state index in [4.69, 9.17) is 5.73 Å². The van der Waals surface area contributed by atoms with Gasteiger partial charge in [-0.1, -0.05) is 18.2 Å². The molecule has 4 N–H and O–H groups in total. The second-order valence-electron chi connectivity index (χ2n) is 3.91. The van der Waals surface area contributed by atoms with Crippen LogP contribution < -0.4 is 11.1 Å². The van der Waals surface area contributed by atoms with Crippen molar-refractivity contribution < 1.29 is 9.90 Å². The zero-order chi connectivity index (χ0) is 13.0. The number of hydrogen-bond acceptors (Lipinski definition) is 3. The minimum Gasteiger partial charge on any atom is -0.508 e. The van der Waals surface area contributed by atoms with Crippen LogP contribution in [0.1, 0.15) is 15.9 Å². The van der Waals surface area contributed by atoms with Gasteiger partial charge in [-0.25, -0.2) is 0 Å². The van der Waals surface area contributed by atoms with Crippen molar-refractivity contribution in [1.82, 2.24) is 0 Å². The lowest BCUT2D eigenvalue weighted by Crippen LogP contribution is -2.11. The van der Waals surface area contributed by atoms with Crippen LogP contribution in [-0.2, 0) is 6.54 Å². The average molecular weight is 242 g/mol. The van der Waals surface area contributed by atoms with E-state index in [1.54, 1.807) is 24.3 Å². The van der Waals surface area contributed by atoms with E-state index in [0.717, 1.165) is 5.56 Å². The molecule has 4 nitrogen and oxygen atoms in total. The van der Waals surface area contributed by atoms with Crippen LogP contribution in [-0.4, -0.2) is 11.0 Å². The molecule has 0 spiro atoms. The van der Waals surface area contributed by atoms with Gasteiger partial charge < -0.3 is 16.2 Å². The minimum atomic E-state index is -0.258. The van der Waals surface area contributed by atoms with Crippen molar-refractivity contribution in [2.24, 2.45) is 5.73 Å². The molecular formula is C14H14N2O2. The molecule has 0 radical (unpaired) electrons. The number of anilines is 1. The Morgan fingerprint density at radius 2 is 1.89 bits per heavy atom. The summed E-state index contributed by atoms with van der Waals surface area (Å²) in [5.41, 5.74) is 7.61. The highest BCUT2D eigenvalue weighted by molar-refractivity contribution is 6.04. The number of phenols is 1. The third-order valence-electron chi connectivity index (χ3n) is 2.56. The van der Waals surface area contributed by atoms with Crippen molar-refractivity contribution in [3.8, 4) is 5.75 Å². The van der Waals surface area contributed by atoms with Crippen molar-refractivity contribution in [3.05, 3.63) is 59.7 Å². The quantitative estimate of drug-likeness (QED) is 0.771. The van der Waals surface area contributed by atoms with Crippen LogP contribution in [0, 0.1) is 0 Å². The number of carbonyl (C=O) groups excluding carboxylic acids is 1. The topological polar surface area (TPSA) is 75.3 Å². The number of benzene rings is 2. The second-order valence-corrected chi connectivity index (χ2v) is 3.91. The highest BCUT2D eigenvalue weighted by Crippen LogP contribution is 2.14. The third kappa shape index (κ3) is 2.87. The first-order valence-corrected chi connectivity index (χ1v) is 5.58. The number of rotatable bonds is 3. The molecular weight excluding hydrogens is 228 g/mol. The fourth-order valence-electron chi connectivity index (χ4n) is 1.57. The molecule has 0 aliphatic carbocycles. The fourth-order valence-corrected chi connectivity index (χ4v) is 1.57. The first-order valence-electron chi connectivity index (χ1n) is 5.58. The van der Waals surface area contributed by atoms with Gasteiger partial charge in [-0.2, -0.15) is 0 Å². The van der Waals surface area contributed by atoms with Gasteiger partial charge in [0.1, 0.15) is 5.75 Å². The molecule has 2 aromatic rings. The molecule has 0 aliphatic rings. The highest BCUT2D eigenvalue weighted by Gasteiger charge is 2.06. The Morgan fingerprint density at radius 1 is 1.17 bits per heavy atom. The molecule has 1 amide bonds. The molecule has 0 unspecified atom stereocenters. The Morgan fingerprint density at radius 3 is 2.50 bits per heavy atom. The molecule has 0 fully saturated rings. The molecule has 18 heavy (non-hydrogen) atoms. The summed E-state index contributed by atoms with van der Waals surface area (Å²) in [5.74, 6) is -0.187. The maximum atomic E-state index is 11.9. The smallest absolute Gasteiger partial charge is 0.255 e. The van der Waals surface area contributed by atoms with Gasteiger partial charge in [0.2, 0.25) is 0 Å². The van der Waals surface area contributed by atoms with E-state index in [-0.39, 0.29) is 11.7 Å². The molecule has 0 aromatic heterocycles. The van der Waals surface area contributed by atoms with E-state index in [0.29, 0.717) is 17.8 Å². The predicted octanol–water partition coefficient (Wildman–Crippen LogP) is 2.10. The van der Waals surface area contributed by atoms with Gasteiger partial charge >= 0.3 is 0 Å². The van der Waals surface area contributed by atoms with E-state index in [9.17, 15) is 9.90 Å². The van der Waals surface area contributed by atoms with E-state index in [1.807, 2.05) is 12.1 Å². The van der Waals surface area contributed by atoms with E-state index in [1.165, 1.54) is 12.1 Å². The number of phenolic OH excluding ortho intramolecular Hbond substituents is 1. The lowest BCUT2D eigenvalue weighted by Gasteiger charge is -2.06. The molecule has 2 rings (SSSR count). The van der Waals surface area contributed by atoms with Crippen LogP contribution in [0.3, 0.4) is 0 Å². The van der Waals surface area contributed by atoms with Crippen molar-refractivity contribution in [1.29, 1.82) is 0 Å². The number of amides is 1. The largest absolute Gasteiger partial charge is 0.508 e. The van der Waals surface area contributed by atoms with E-state index in [2.05, 4.69) is 5.32 Å². The molecule has 4 heteroatoms. The summed E-state index contributed by atoms with van der Waals surface area (Å²) < 4.78 is 0. The summed E-state index contributed by atoms with van der Waals surface area (Å²) in [6, 6.07) is 13.5. The number of aromatic hydroxyl groups is 1. The second kappa shape index (κ2) is 5.33. The number of carbonyl (C=O) groups is 1. The summed E-state index contributed by atoms with van der Waals surface area (Å²) in [6.07, 6.45) is 0. The van der Waals surface area contributed by atoms with E-state index >= 15 is 0 Å². The van der Waals surface area contributed by atoms with E-state index < -0.39 is 0 Å². The standard InChI is InChI=1S/C14H14N2O2/c15-9-10-4-6-12(7-5-10)16-14(18)11-2-1-3-13(17)8-11/h1-8,17H,9,15H2,(H,16,18). The molecule has 0 heterocycles. The van der Waals surface area contributed by atoms with Crippen LogP contribution in [0.2, 0.25) is 0 Å². The number of nitrogens with two attached hydrogens (primary N) is 1. The summed E-state index contributed by atoms with van der Waals surface area (Å²) in [5, 5.41) is 12.0. The summed E-state index contributed by atoms with van der Waals surface area (Å²) >= 11 is 0. The first kappa shape index (κ1) is 12.1. The molecule has 0 aliphatic heterocycles. The van der Waals surface area contributed by atoms with Crippen LogP contribution in [0.5, 0.6) is 5.75 Å². The Hall–Kier alpha value is -2.33. The summed E-state index contributed by atoms with van der Waals surface area (Å²) in [4.78, 5) is 11.9. The number of nitrogens with one attached hydrogen (secondary N) is 1. The maximum absolute atomic E-state index is 11.9. The molecule has 0 bridgehead atoms. The zero-order valence-electron chi connectivity index (χ0n) is 9.76. The Balaban J connectivity index is 2.11. The van der Waals surface area contributed by atoms with Crippen LogP contribution in [0.25, 0.3) is 0 Å². The Labute approximate surface area is 105 Å². The maximum Gasteiger partial charge on any atom is 0.255 e. The lowest BCUT2D eigenvalue weighted by atomic mass is 10.2. The van der Waals surface area contributed by atoms with Gasteiger partial charge in [0.25, 0.3) is 5.91 Å². The predicted molar refractivity (Wildman–Crippen MR) is 70.4 cm³/mol. The molecule has 0 saturated heterocycles. The molecule has 0 atom stereocenters. The van der Waals surface area contributed by atoms with Crippen LogP contribution in [0.4, 0.5) is 5.69 Å². The van der Waals surface area contributed by atoms with Gasteiger partial charge in [0.05, 0.1) is 0 Å². The normalized spacial score (nSPS) is 10.1. The monoisotopic (exact) mass is 242 g/mol. The van der Waals surface area contributed by atoms with Crippen LogP contribution >= 0.6 is 0 Å². The molecule has 92 valence electrons. The van der Waals surface area contributed by atoms with Crippen molar-refractivity contribution in [2.75, 3.05) is 5.32 Å². The molecule has 2 aromatic carbocycles. The first-order chi connectivity index (χ1) is 8.69. The fraction of sp³-hybridized carbons (Fsp3) is 0.0714. The highest BCUT2D eigenvalue weighted by atomic mass is 16.3. The Bertz CT molecular complexity index is 550. The van der Waals surface area contributed by atoms with Gasteiger partial charge in [-0.15, -0.1) is 0 Å². The van der Waals surface area contributed by atoms with Gasteiger partial charge in [0.15, 0.2) is 0 Å². The van der Waals surface area contributed by atoms with Crippen LogP contribution in [0.15, 0.2) is 48.5 Å². The lowest BCUT2D eigenvalue weighted by molar-refractivity contribution is 0.102. The molecule has 0 saturated carbocycles. The SMILES string of the molecule is NCc1ccc(NC(=O)c2cccc(O)c2)cc1. The summed E-state index contributed by atoms with van der Waals surface area (Å²) in [6.45, 7) is 0.473. The number of hydrogen-bond donors (Lipinski definition) is 3. The minimum absolute atomic E-state index is 0.0705. The zero-order valence-corrected chi connectivity index (χ0v) is 9.76. The summed E-state index contributed by atoms with van der Waals surface area (Å²) in [7, 11) is 0. The van der Waals surface area contributed by atoms with Gasteiger partial charge in [-0.05, 0) is 35.9 Å².